The van der Waals surface area contributed by atoms with Gasteiger partial charge in [-0.25, -0.2) is 0 Å². The molecule has 0 bridgehead atoms. The lowest BCUT2D eigenvalue weighted by Gasteiger charge is -2.05. The number of fused-ring (bicyclic) bond motifs is 1. The summed E-state index contributed by atoms with van der Waals surface area (Å²) in [5.74, 6) is 0.467. The van der Waals surface area contributed by atoms with E-state index < -0.39 is 0 Å². The molecule has 0 aliphatic carbocycles. The Kier molecular flexibility index (Phi) is 10.5. The molecule has 0 amide bonds. The van der Waals surface area contributed by atoms with Crippen LogP contribution in [-0.4, -0.2) is 23.0 Å². The molecule has 0 aliphatic heterocycles. The molecule has 0 radical (unpaired) electrons. The molecule has 0 atom stereocenters. The zero-order valence-corrected chi connectivity index (χ0v) is 17.5. The van der Waals surface area contributed by atoms with Crippen LogP contribution in [0.4, 0.5) is 0 Å². The molecular formula is C25H37NO2. The van der Waals surface area contributed by atoms with Gasteiger partial charge in [0, 0.05) is 18.3 Å². The summed E-state index contributed by atoms with van der Waals surface area (Å²) < 4.78 is 0. The highest BCUT2D eigenvalue weighted by Crippen LogP contribution is 2.28. The predicted octanol–water partition coefficient (Wildman–Crippen LogP) is 7.37. The maximum absolute atomic E-state index is 10.1. The molecule has 28 heavy (non-hydrogen) atoms. The lowest BCUT2D eigenvalue weighted by atomic mass is 10.0. The summed E-state index contributed by atoms with van der Waals surface area (Å²) in [4.78, 5) is 4.51. The van der Waals surface area contributed by atoms with E-state index in [1.54, 1.807) is 24.4 Å². The SMILES string of the molecule is CCCCCCCCCCCCCCN=Cc1c(O)ccc2cc(O)ccc12. The highest BCUT2D eigenvalue weighted by molar-refractivity contribution is 6.02. The molecule has 2 rings (SSSR count). The van der Waals surface area contributed by atoms with Crippen molar-refractivity contribution in [1.29, 1.82) is 0 Å². The maximum atomic E-state index is 10.1. The van der Waals surface area contributed by atoms with Crippen LogP contribution in [0.3, 0.4) is 0 Å². The van der Waals surface area contributed by atoms with Crippen LogP contribution in [0.15, 0.2) is 35.3 Å². The average molecular weight is 384 g/mol. The van der Waals surface area contributed by atoms with Crippen molar-refractivity contribution >= 4 is 17.0 Å². The molecule has 2 aromatic carbocycles. The summed E-state index contributed by atoms with van der Waals surface area (Å²) in [6.07, 6.45) is 17.9. The van der Waals surface area contributed by atoms with Crippen LogP contribution in [0.1, 0.15) is 89.5 Å². The van der Waals surface area contributed by atoms with Crippen molar-refractivity contribution in [2.24, 2.45) is 4.99 Å². The molecule has 0 saturated carbocycles. The molecule has 0 heterocycles. The Labute approximate surface area is 170 Å². The van der Waals surface area contributed by atoms with Crippen LogP contribution >= 0.6 is 0 Å². The van der Waals surface area contributed by atoms with Crippen molar-refractivity contribution in [3.05, 3.63) is 35.9 Å². The summed E-state index contributed by atoms with van der Waals surface area (Å²) in [5, 5.41) is 21.6. The Morgan fingerprint density at radius 2 is 1.36 bits per heavy atom. The largest absolute Gasteiger partial charge is 0.508 e. The lowest BCUT2D eigenvalue weighted by molar-refractivity contribution is 0.473. The van der Waals surface area contributed by atoms with Gasteiger partial charge in [-0.1, -0.05) is 83.6 Å². The minimum absolute atomic E-state index is 0.233. The van der Waals surface area contributed by atoms with Crippen LogP contribution in [0.5, 0.6) is 11.5 Å². The minimum Gasteiger partial charge on any atom is -0.508 e. The number of hydrogen-bond donors (Lipinski definition) is 2. The first-order valence-electron chi connectivity index (χ1n) is 11.2. The summed E-state index contributed by atoms with van der Waals surface area (Å²) >= 11 is 0. The van der Waals surface area contributed by atoms with Crippen molar-refractivity contribution in [3.63, 3.8) is 0 Å². The second-order valence-electron chi connectivity index (χ2n) is 7.83. The van der Waals surface area contributed by atoms with Crippen LogP contribution in [0, 0.1) is 0 Å². The van der Waals surface area contributed by atoms with E-state index in [9.17, 15) is 10.2 Å². The number of rotatable bonds is 14. The van der Waals surface area contributed by atoms with E-state index in [1.165, 1.54) is 70.6 Å². The maximum Gasteiger partial charge on any atom is 0.124 e. The van der Waals surface area contributed by atoms with Gasteiger partial charge in [0.25, 0.3) is 0 Å². The quantitative estimate of drug-likeness (QED) is 0.264. The van der Waals surface area contributed by atoms with Crippen LogP contribution in [-0.2, 0) is 0 Å². The topological polar surface area (TPSA) is 52.8 Å². The van der Waals surface area contributed by atoms with Crippen molar-refractivity contribution in [3.8, 4) is 11.5 Å². The van der Waals surface area contributed by atoms with Crippen molar-refractivity contribution < 1.29 is 10.2 Å². The highest BCUT2D eigenvalue weighted by Gasteiger charge is 2.05. The van der Waals surface area contributed by atoms with Gasteiger partial charge in [-0.15, -0.1) is 0 Å². The van der Waals surface area contributed by atoms with Gasteiger partial charge < -0.3 is 10.2 Å². The smallest absolute Gasteiger partial charge is 0.124 e. The summed E-state index contributed by atoms with van der Waals surface area (Å²) in [7, 11) is 0. The Bertz CT molecular complexity index is 724. The van der Waals surface area contributed by atoms with E-state index in [0.29, 0.717) is 0 Å². The van der Waals surface area contributed by atoms with Crippen molar-refractivity contribution in [2.45, 2.75) is 84.0 Å². The molecule has 0 aliphatic rings. The van der Waals surface area contributed by atoms with Crippen LogP contribution in [0.2, 0.25) is 0 Å². The van der Waals surface area contributed by atoms with Crippen LogP contribution in [0.25, 0.3) is 10.8 Å². The first-order valence-corrected chi connectivity index (χ1v) is 11.2. The summed E-state index contributed by atoms with van der Waals surface area (Å²) in [5.41, 5.74) is 0.733. The monoisotopic (exact) mass is 383 g/mol. The van der Waals surface area contributed by atoms with Gasteiger partial charge in [0.1, 0.15) is 11.5 Å². The van der Waals surface area contributed by atoms with E-state index in [-0.39, 0.29) is 11.5 Å². The van der Waals surface area contributed by atoms with Gasteiger partial charge in [-0.3, -0.25) is 4.99 Å². The molecule has 0 fully saturated rings. The first-order chi connectivity index (χ1) is 13.7. The Morgan fingerprint density at radius 3 is 2.00 bits per heavy atom. The number of benzene rings is 2. The van der Waals surface area contributed by atoms with Gasteiger partial charge in [-0.2, -0.15) is 0 Å². The van der Waals surface area contributed by atoms with Crippen LogP contribution < -0.4 is 0 Å². The number of aliphatic imine (C=N–C) groups is 1. The molecule has 0 aromatic heterocycles. The lowest BCUT2D eigenvalue weighted by Crippen LogP contribution is -1.89. The molecule has 154 valence electrons. The number of phenols is 2. The first kappa shape index (κ1) is 22.3. The number of hydrogen-bond acceptors (Lipinski definition) is 3. The molecule has 3 heteroatoms. The third-order valence-electron chi connectivity index (χ3n) is 5.38. The van der Waals surface area contributed by atoms with Gasteiger partial charge in [0.15, 0.2) is 0 Å². The highest BCUT2D eigenvalue weighted by atomic mass is 16.3. The van der Waals surface area contributed by atoms with E-state index in [1.807, 2.05) is 12.1 Å². The zero-order valence-electron chi connectivity index (χ0n) is 17.5. The Morgan fingerprint density at radius 1 is 0.750 bits per heavy atom. The third kappa shape index (κ3) is 7.92. The number of nitrogens with zero attached hydrogens (tertiary/aromatic N) is 1. The molecular weight excluding hydrogens is 346 g/mol. The molecule has 0 spiro atoms. The minimum atomic E-state index is 0.233. The molecule has 2 N–H and O–H groups in total. The summed E-state index contributed by atoms with van der Waals surface area (Å²) in [6, 6.07) is 8.65. The number of phenolic OH excluding ortho intramolecular Hbond substituents is 2. The van der Waals surface area contributed by atoms with E-state index >= 15 is 0 Å². The van der Waals surface area contributed by atoms with E-state index in [2.05, 4.69) is 11.9 Å². The third-order valence-corrected chi connectivity index (χ3v) is 5.38. The fourth-order valence-electron chi connectivity index (χ4n) is 3.67. The van der Waals surface area contributed by atoms with E-state index in [0.717, 1.165) is 29.3 Å². The second kappa shape index (κ2) is 13.2. The summed E-state index contributed by atoms with van der Waals surface area (Å²) in [6.45, 7) is 3.07. The predicted molar refractivity (Wildman–Crippen MR) is 121 cm³/mol. The Hall–Kier alpha value is -2.03. The van der Waals surface area contributed by atoms with Crippen molar-refractivity contribution in [2.75, 3.05) is 6.54 Å². The zero-order chi connectivity index (χ0) is 20.0. The van der Waals surface area contributed by atoms with Gasteiger partial charge in [-0.05, 0) is 41.5 Å². The van der Waals surface area contributed by atoms with E-state index in [4.69, 9.17) is 0 Å². The Balaban J connectivity index is 1.58. The fraction of sp³-hybridized carbons (Fsp3) is 0.560. The molecule has 2 aromatic rings. The van der Waals surface area contributed by atoms with Crippen molar-refractivity contribution in [1.82, 2.24) is 0 Å². The standard InChI is InChI=1S/C25H37NO2/c1-2-3-4-5-6-7-8-9-10-11-12-13-18-26-20-24-23-16-15-22(27)19-21(23)14-17-25(24)28/h14-17,19-20,27-28H,2-13,18H2,1H3. The van der Waals surface area contributed by atoms with Gasteiger partial charge >= 0.3 is 0 Å². The average Bonchev–Trinajstić information content (AvgIpc) is 2.69. The molecule has 0 saturated heterocycles. The molecule has 0 unspecified atom stereocenters. The van der Waals surface area contributed by atoms with Gasteiger partial charge in [0.2, 0.25) is 0 Å². The number of unbranched alkanes of at least 4 members (excludes halogenated alkanes) is 11. The number of aromatic hydroxyl groups is 2. The van der Waals surface area contributed by atoms with Gasteiger partial charge in [0.05, 0.1) is 0 Å². The second-order valence-corrected chi connectivity index (χ2v) is 7.83. The normalized spacial score (nSPS) is 11.6. The fourth-order valence-corrected chi connectivity index (χ4v) is 3.67. The molecule has 3 nitrogen and oxygen atoms in total.